The second-order valence-corrected chi connectivity index (χ2v) is 6.18. The predicted octanol–water partition coefficient (Wildman–Crippen LogP) is 3.78. The van der Waals surface area contributed by atoms with Crippen LogP contribution in [0.2, 0.25) is 0 Å². The summed E-state index contributed by atoms with van der Waals surface area (Å²) in [5.74, 6) is 0.875. The fourth-order valence-electron chi connectivity index (χ4n) is 1.77. The summed E-state index contributed by atoms with van der Waals surface area (Å²) in [6, 6.07) is 7.82. The number of hydrogen-bond donors (Lipinski definition) is 2. The van der Waals surface area contributed by atoms with Gasteiger partial charge in [0.25, 0.3) is 0 Å². The molecule has 0 bridgehead atoms. The molecule has 2 N–H and O–H groups in total. The summed E-state index contributed by atoms with van der Waals surface area (Å²) >= 11 is 0. The smallest absolute Gasteiger partial charge is 0.422 e. The van der Waals surface area contributed by atoms with Crippen molar-refractivity contribution in [2.75, 3.05) is 6.61 Å². The molecule has 124 valence electrons. The van der Waals surface area contributed by atoms with Crippen LogP contribution in [0.4, 0.5) is 4.79 Å². The molecular weight excluding hydrogens is 280 g/mol. The van der Waals surface area contributed by atoms with E-state index in [1.54, 1.807) is 0 Å². The number of rotatable bonds is 8. The van der Waals surface area contributed by atoms with Crippen LogP contribution in [0.3, 0.4) is 0 Å². The summed E-state index contributed by atoms with van der Waals surface area (Å²) in [7, 11) is 0. The summed E-state index contributed by atoms with van der Waals surface area (Å²) < 4.78 is 10.8. The number of carbonyl (C=O) groups excluding carboxylic acids is 1. The van der Waals surface area contributed by atoms with Crippen LogP contribution in [0.15, 0.2) is 24.3 Å². The summed E-state index contributed by atoms with van der Waals surface area (Å²) in [5, 5.41) is 0. The minimum Gasteiger partial charge on any atom is -0.494 e. The largest absolute Gasteiger partial charge is 0.494 e. The third-order valence-electron chi connectivity index (χ3n) is 2.82. The van der Waals surface area contributed by atoms with Gasteiger partial charge in [-0.15, -0.1) is 0 Å². The van der Waals surface area contributed by atoms with E-state index in [9.17, 15) is 4.79 Å². The average Bonchev–Trinajstić information content (AvgIpc) is 2.43. The van der Waals surface area contributed by atoms with E-state index in [0.717, 1.165) is 24.3 Å². The standard InChI is InChI=1S/C17H28N2O3/c1-5-6-7-12-21-15-10-8-14(9-11-15)13-18-19-16(20)22-17(2,3)4/h8-11,18H,5-7,12-13H2,1-4H3,(H,19,20). The molecule has 22 heavy (non-hydrogen) atoms. The Morgan fingerprint density at radius 1 is 1.14 bits per heavy atom. The van der Waals surface area contributed by atoms with Crippen molar-refractivity contribution >= 4 is 6.09 Å². The van der Waals surface area contributed by atoms with Crippen molar-refractivity contribution in [1.29, 1.82) is 0 Å². The molecule has 0 aliphatic carbocycles. The Kier molecular flexibility index (Phi) is 7.74. The lowest BCUT2D eigenvalue weighted by Gasteiger charge is -2.19. The maximum absolute atomic E-state index is 11.5. The molecule has 1 aromatic rings. The number of carbonyl (C=O) groups is 1. The lowest BCUT2D eigenvalue weighted by atomic mass is 10.2. The van der Waals surface area contributed by atoms with Crippen molar-refractivity contribution in [3.63, 3.8) is 0 Å². The van der Waals surface area contributed by atoms with Crippen LogP contribution >= 0.6 is 0 Å². The van der Waals surface area contributed by atoms with Gasteiger partial charge >= 0.3 is 6.09 Å². The van der Waals surface area contributed by atoms with Gasteiger partial charge in [0, 0.05) is 6.54 Å². The minimum absolute atomic E-state index is 0.483. The van der Waals surface area contributed by atoms with Gasteiger partial charge in [-0.2, -0.15) is 0 Å². The molecule has 0 radical (unpaired) electrons. The molecule has 0 saturated heterocycles. The molecule has 0 heterocycles. The van der Waals surface area contributed by atoms with Crippen molar-refractivity contribution in [3.8, 4) is 5.75 Å². The summed E-state index contributed by atoms with van der Waals surface area (Å²) in [6.45, 7) is 8.93. The first-order valence-corrected chi connectivity index (χ1v) is 7.84. The van der Waals surface area contributed by atoms with E-state index in [1.165, 1.54) is 12.8 Å². The maximum atomic E-state index is 11.5. The van der Waals surface area contributed by atoms with Gasteiger partial charge < -0.3 is 9.47 Å². The molecule has 1 aromatic carbocycles. The Balaban J connectivity index is 2.25. The highest BCUT2D eigenvalue weighted by molar-refractivity contribution is 5.66. The Morgan fingerprint density at radius 2 is 1.82 bits per heavy atom. The molecule has 0 aliphatic heterocycles. The van der Waals surface area contributed by atoms with Gasteiger partial charge in [0.2, 0.25) is 0 Å². The third-order valence-corrected chi connectivity index (χ3v) is 2.82. The molecule has 0 unspecified atom stereocenters. The normalized spacial score (nSPS) is 11.1. The number of nitrogens with one attached hydrogen (secondary N) is 2. The molecule has 1 rings (SSSR count). The van der Waals surface area contributed by atoms with Crippen LogP contribution in [-0.2, 0) is 11.3 Å². The van der Waals surface area contributed by atoms with Crippen molar-refractivity contribution in [2.45, 2.75) is 59.1 Å². The van der Waals surface area contributed by atoms with Crippen LogP contribution in [-0.4, -0.2) is 18.3 Å². The second-order valence-electron chi connectivity index (χ2n) is 6.18. The van der Waals surface area contributed by atoms with Gasteiger partial charge in [0.15, 0.2) is 0 Å². The number of ether oxygens (including phenoxy) is 2. The number of unbranched alkanes of at least 4 members (excludes halogenated alkanes) is 2. The summed E-state index contributed by atoms with van der Waals surface area (Å²) in [6.07, 6.45) is 2.99. The monoisotopic (exact) mass is 308 g/mol. The molecule has 0 spiro atoms. The number of amides is 1. The first kappa shape index (κ1) is 18.3. The van der Waals surface area contributed by atoms with Crippen molar-refractivity contribution in [3.05, 3.63) is 29.8 Å². The first-order chi connectivity index (χ1) is 10.4. The third kappa shape index (κ3) is 8.52. The summed E-state index contributed by atoms with van der Waals surface area (Å²) in [4.78, 5) is 11.5. The number of hydrazine groups is 1. The molecule has 5 nitrogen and oxygen atoms in total. The minimum atomic E-state index is -0.497. The van der Waals surface area contributed by atoms with Gasteiger partial charge in [0.1, 0.15) is 11.4 Å². The molecular formula is C17H28N2O3. The Bertz CT molecular complexity index is 438. The molecule has 0 atom stereocenters. The zero-order chi connectivity index (χ0) is 16.4. The Morgan fingerprint density at radius 3 is 2.41 bits per heavy atom. The highest BCUT2D eigenvalue weighted by Gasteiger charge is 2.15. The zero-order valence-corrected chi connectivity index (χ0v) is 14.1. The Labute approximate surface area is 133 Å². The molecule has 1 amide bonds. The van der Waals surface area contributed by atoms with E-state index >= 15 is 0 Å². The highest BCUT2D eigenvalue weighted by atomic mass is 16.6. The molecule has 5 heteroatoms. The Hall–Kier alpha value is -1.75. The van der Waals surface area contributed by atoms with Crippen molar-refractivity contribution < 1.29 is 14.3 Å². The lowest BCUT2D eigenvalue weighted by molar-refractivity contribution is 0.0497. The first-order valence-electron chi connectivity index (χ1n) is 7.84. The van der Waals surface area contributed by atoms with Gasteiger partial charge in [-0.1, -0.05) is 31.9 Å². The van der Waals surface area contributed by atoms with Crippen LogP contribution in [0.5, 0.6) is 5.75 Å². The van der Waals surface area contributed by atoms with E-state index in [0.29, 0.717) is 6.54 Å². The average molecular weight is 308 g/mol. The van der Waals surface area contributed by atoms with Crippen molar-refractivity contribution in [2.24, 2.45) is 0 Å². The maximum Gasteiger partial charge on any atom is 0.422 e. The van der Waals surface area contributed by atoms with Crippen LogP contribution in [0.25, 0.3) is 0 Å². The van der Waals surface area contributed by atoms with E-state index in [4.69, 9.17) is 9.47 Å². The van der Waals surface area contributed by atoms with Crippen molar-refractivity contribution in [1.82, 2.24) is 10.9 Å². The van der Waals surface area contributed by atoms with Crippen LogP contribution in [0.1, 0.15) is 52.5 Å². The second kappa shape index (κ2) is 9.30. The molecule has 0 aliphatic rings. The van der Waals surface area contributed by atoms with Gasteiger partial charge in [0.05, 0.1) is 6.61 Å². The predicted molar refractivity (Wildman–Crippen MR) is 87.7 cm³/mol. The van der Waals surface area contributed by atoms with E-state index < -0.39 is 11.7 Å². The topological polar surface area (TPSA) is 59.6 Å². The summed E-state index contributed by atoms with van der Waals surface area (Å²) in [5.41, 5.74) is 5.90. The quantitative estimate of drug-likeness (QED) is 0.567. The molecule has 0 fully saturated rings. The van der Waals surface area contributed by atoms with Crippen LogP contribution < -0.4 is 15.6 Å². The van der Waals surface area contributed by atoms with Crippen LogP contribution in [0, 0.1) is 0 Å². The fraction of sp³-hybridized carbons (Fsp3) is 0.588. The highest BCUT2D eigenvalue weighted by Crippen LogP contribution is 2.12. The number of benzene rings is 1. The van der Waals surface area contributed by atoms with E-state index in [2.05, 4.69) is 17.8 Å². The van der Waals surface area contributed by atoms with E-state index in [-0.39, 0.29) is 0 Å². The number of hydrogen-bond acceptors (Lipinski definition) is 4. The van der Waals surface area contributed by atoms with Gasteiger partial charge in [-0.25, -0.2) is 10.2 Å². The van der Waals surface area contributed by atoms with Gasteiger partial charge in [-0.05, 0) is 44.9 Å². The fourth-order valence-corrected chi connectivity index (χ4v) is 1.77. The molecule has 0 aromatic heterocycles. The van der Waals surface area contributed by atoms with E-state index in [1.807, 2.05) is 45.0 Å². The molecule has 0 saturated carbocycles. The lowest BCUT2D eigenvalue weighted by Crippen LogP contribution is -2.40. The SMILES string of the molecule is CCCCCOc1ccc(CNNC(=O)OC(C)(C)C)cc1. The zero-order valence-electron chi connectivity index (χ0n) is 14.1. The van der Waals surface area contributed by atoms with Gasteiger partial charge in [-0.3, -0.25) is 5.43 Å².